The first-order valence-corrected chi connectivity index (χ1v) is 7.25. The van der Waals surface area contributed by atoms with Crippen LogP contribution in [-0.4, -0.2) is 43.7 Å². The Balaban J connectivity index is 0.00000180. The predicted molar refractivity (Wildman–Crippen MR) is 78.4 cm³/mol. The molecule has 0 aromatic heterocycles. The largest absolute Gasteiger partial charge is 0.381 e. The molecule has 0 aromatic rings. The number of carbonyl (C=O) groups excluding carboxylic acids is 1. The lowest BCUT2D eigenvalue weighted by Crippen LogP contribution is -2.51. The lowest BCUT2D eigenvalue weighted by molar-refractivity contribution is -0.147. The van der Waals surface area contributed by atoms with E-state index in [-0.39, 0.29) is 23.7 Å². The molecule has 0 aromatic carbocycles. The summed E-state index contributed by atoms with van der Waals surface area (Å²) in [5.41, 5.74) is 5.57. The van der Waals surface area contributed by atoms with Crippen LogP contribution in [0.1, 0.15) is 39.0 Å². The molecule has 2 aliphatic heterocycles. The second-order valence-corrected chi connectivity index (χ2v) is 5.93. The number of likely N-dealkylation sites (tertiary alicyclic amines) is 1. The summed E-state index contributed by atoms with van der Waals surface area (Å²) in [6.07, 6.45) is 5.07. The van der Waals surface area contributed by atoms with Crippen molar-refractivity contribution < 1.29 is 9.53 Å². The molecule has 2 N–H and O–H groups in total. The van der Waals surface area contributed by atoms with Crippen LogP contribution in [-0.2, 0) is 9.53 Å². The smallest absolute Gasteiger partial charge is 0.230 e. The third-order valence-electron chi connectivity index (χ3n) is 4.60. The van der Waals surface area contributed by atoms with Gasteiger partial charge in [-0.1, -0.05) is 6.92 Å². The minimum absolute atomic E-state index is 0. The van der Waals surface area contributed by atoms with Crippen LogP contribution in [0.3, 0.4) is 0 Å². The molecule has 2 saturated heterocycles. The summed E-state index contributed by atoms with van der Waals surface area (Å²) in [5, 5.41) is 0. The number of nitrogens with two attached hydrogens (primary N) is 1. The minimum Gasteiger partial charge on any atom is -0.381 e. The Labute approximate surface area is 122 Å². The van der Waals surface area contributed by atoms with Crippen LogP contribution in [0, 0.1) is 11.3 Å². The normalized spacial score (nSPS) is 27.3. The second-order valence-electron chi connectivity index (χ2n) is 5.93. The molecule has 1 amide bonds. The van der Waals surface area contributed by atoms with Crippen LogP contribution in [0.2, 0.25) is 0 Å². The highest BCUT2D eigenvalue weighted by Crippen LogP contribution is 2.32. The van der Waals surface area contributed by atoms with Gasteiger partial charge < -0.3 is 15.4 Å². The van der Waals surface area contributed by atoms with E-state index in [4.69, 9.17) is 10.5 Å². The summed E-state index contributed by atoms with van der Waals surface area (Å²) >= 11 is 0. The molecule has 2 fully saturated rings. The van der Waals surface area contributed by atoms with Gasteiger partial charge in [-0.15, -0.1) is 12.4 Å². The maximum Gasteiger partial charge on any atom is 0.230 e. The summed E-state index contributed by atoms with van der Waals surface area (Å²) in [6.45, 7) is 5.90. The van der Waals surface area contributed by atoms with Gasteiger partial charge >= 0.3 is 0 Å². The van der Waals surface area contributed by atoms with E-state index in [2.05, 4.69) is 11.8 Å². The van der Waals surface area contributed by atoms with Gasteiger partial charge in [0.15, 0.2) is 0 Å². The van der Waals surface area contributed by atoms with Gasteiger partial charge in [-0.05, 0) is 38.0 Å². The standard InChI is InChI=1S/C14H26N2O2.ClH/c1-12-3-2-7-16(8-4-12)13(17)14(11-15)5-9-18-10-6-14;/h12H,2-11,15H2,1H3;1H. The summed E-state index contributed by atoms with van der Waals surface area (Å²) in [5.74, 6) is 1.02. The number of nitrogens with zero attached hydrogens (tertiary/aromatic N) is 1. The number of carbonyl (C=O) groups is 1. The monoisotopic (exact) mass is 290 g/mol. The zero-order valence-corrected chi connectivity index (χ0v) is 12.7. The van der Waals surface area contributed by atoms with Gasteiger partial charge in [-0.2, -0.15) is 0 Å². The highest BCUT2D eigenvalue weighted by Gasteiger charge is 2.41. The predicted octanol–water partition coefficient (Wildman–Crippen LogP) is 1.81. The molecule has 5 heteroatoms. The van der Waals surface area contributed by atoms with Crippen LogP contribution in [0.5, 0.6) is 0 Å². The van der Waals surface area contributed by atoms with E-state index in [9.17, 15) is 4.79 Å². The van der Waals surface area contributed by atoms with Crippen LogP contribution in [0.4, 0.5) is 0 Å². The van der Waals surface area contributed by atoms with Crippen molar-refractivity contribution in [2.45, 2.75) is 39.0 Å². The Morgan fingerprint density at radius 2 is 2.00 bits per heavy atom. The summed E-state index contributed by atoms with van der Waals surface area (Å²) < 4.78 is 5.38. The Bertz CT molecular complexity index is 293. The van der Waals surface area contributed by atoms with Crippen LogP contribution >= 0.6 is 12.4 Å². The molecule has 0 spiro atoms. The maximum absolute atomic E-state index is 12.8. The molecule has 2 rings (SSSR count). The van der Waals surface area contributed by atoms with Gasteiger partial charge in [0.1, 0.15) is 0 Å². The van der Waals surface area contributed by atoms with Crippen molar-refractivity contribution in [3.63, 3.8) is 0 Å². The van der Waals surface area contributed by atoms with Gasteiger partial charge in [0.25, 0.3) is 0 Å². The van der Waals surface area contributed by atoms with E-state index in [1.54, 1.807) is 0 Å². The summed E-state index contributed by atoms with van der Waals surface area (Å²) in [6, 6.07) is 0. The fraction of sp³-hybridized carbons (Fsp3) is 0.929. The lowest BCUT2D eigenvalue weighted by Gasteiger charge is -2.38. The molecule has 112 valence electrons. The van der Waals surface area contributed by atoms with E-state index in [1.165, 1.54) is 6.42 Å². The third kappa shape index (κ3) is 3.83. The van der Waals surface area contributed by atoms with E-state index >= 15 is 0 Å². The third-order valence-corrected chi connectivity index (χ3v) is 4.60. The SMILES string of the molecule is CC1CCCN(C(=O)C2(CN)CCOCC2)CC1.Cl. The van der Waals surface area contributed by atoms with Crippen molar-refractivity contribution in [1.82, 2.24) is 4.90 Å². The van der Waals surface area contributed by atoms with Crippen molar-refractivity contribution in [3.8, 4) is 0 Å². The summed E-state index contributed by atoms with van der Waals surface area (Å²) in [4.78, 5) is 14.8. The van der Waals surface area contributed by atoms with Crippen molar-refractivity contribution in [2.24, 2.45) is 17.1 Å². The molecule has 19 heavy (non-hydrogen) atoms. The van der Waals surface area contributed by atoms with E-state index in [0.29, 0.717) is 19.8 Å². The fourth-order valence-corrected chi connectivity index (χ4v) is 3.07. The number of halogens is 1. The first-order chi connectivity index (χ1) is 8.68. The molecule has 0 bridgehead atoms. The second kappa shape index (κ2) is 7.46. The van der Waals surface area contributed by atoms with Gasteiger partial charge in [-0.3, -0.25) is 4.79 Å². The number of ether oxygens (including phenoxy) is 1. The highest BCUT2D eigenvalue weighted by atomic mass is 35.5. The van der Waals surface area contributed by atoms with Gasteiger partial charge in [0.05, 0.1) is 5.41 Å². The Kier molecular flexibility index (Phi) is 6.57. The van der Waals surface area contributed by atoms with Gasteiger partial charge in [0, 0.05) is 32.8 Å². The van der Waals surface area contributed by atoms with Gasteiger partial charge in [-0.25, -0.2) is 0 Å². The van der Waals surface area contributed by atoms with Crippen molar-refractivity contribution in [1.29, 1.82) is 0 Å². The molecule has 1 atom stereocenters. The zero-order chi connectivity index (χ0) is 13.0. The van der Waals surface area contributed by atoms with Crippen LogP contribution in [0.25, 0.3) is 0 Å². The average Bonchev–Trinajstić information content (AvgIpc) is 2.63. The molecule has 0 saturated carbocycles. The zero-order valence-electron chi connectivity index (χ0n) is 11.9. The highest BCUT2D eigenvalue weighted by molar-refractivity contribution is 5.85. The van der Waals surface area contributed by atoms with E-state index in [1.807, 2.05) is 0 Å². The molecule has 1 unspecified atom stereocenters. The first-order valence-electron chi connectivity index (χ1n) is 7.25. The average molecular weight is 291 g/mol. The minimum atomic E-state index is -0.341. The van der Waals surface area contributed by atoms with E-state index in [0.717, 1.165) is 44.7 Å². The fourth-order valence-electron chi connectivity index (χ4n) is 3.07. The first kappa shape index (κ1) is 16.7. The molecule has 2 aliphatic rings. The molecule has 0 aliphatic carbocycles. The molecular formula is C14H27ClN2O2. The van der Waals surface area contributed by atoms with Crippen LogP contribution < -0.4 is 5.73 Å². The topological polar surface area (TPSA) is 55.6 Å². The molecule has 2 heterocycles. The summed E-state index contributed by atoms with van der Waals surface area (Å²) in [7, 11) is 0. The number of hydrogen-bond donors (Lipinski definition) is 1. The molecule has 0 radical (unpaired) electrons. The Hall–Kier alpha value is -0.320. The van der Waals surface area contributed by atoms with Crippen LogP contribution in [0.15, 0.2) is 0 Å². The van der Waals surface area contributed by atoms with E-state index < -0.39 is 0 Å². The van der Waals surface area contributed by atoms with Crippen molar-refractivity contribution in [3.05, 3.63) is 0 Å². The number of rotatable bonds is 2. The van der Waals surface area contributed by atoms with Crippen molar-refractivity contribution >= 4 is 18.3 Å². The number of amides is 1. The number of hydrogen-bond acceptors (Lipinski definition) is 3. The molecular weight excluding hydrogens is 264 g/mol. The Morgan fingerprint density at radius 3 is 2.63 bits per heavy atom. The quantitative estimate of drug-likeness (QED) is 0.844. The lowest BCUT2D eigenvalue weighted by atomic mass is 9.79. The molecule has 4 nitrogen and oxygen atoms in total. The van der Waals surface area contributed by atoms with Gasteiger partial charge in [0.2, 0.25) is 5.91 Å². The maximum atomic E-state index is 12.8. The Morgan fingerprint density at radius 1 is 1.32 bits per heavy atom. The van der Waals surface area contributed by atoms with Crippen molar-refractivity contribution in [2.75, 3.05) is 32.8 Å².